The second-order valence-electron chi connectivity index (χ2n) is 6.37. The van der Waals surface area contributed by atoms with Crippen molar-refractivity contribution in [3.05, 3.63) is 24.3 Å². The van der Waals surface area contributed by atoms with Gasteiger partial charge in [-0.2, -0.15) is 0 Å². The quantitative estimate of drug-likeness (QED) is 0.792. The average Bonchev–Trinajstić information content (AvgIpc) is 2.41. The Kier molecular flexibility index (Phi) is 4.65. The summed E-state index contributed by atoms with van der Waals surface area (Å²) in [6.45, 7) is 4.16. The molecule has 0 bridgehead atoms. The number of aliphatic hydroxyl groups is 1. The Balaban J connectivity index is 1.93. The number of hydrogen-bond donors (Lipinski definition) is 3. The maximum Gasteiger partial charge on any atom is 0.250 e. The van der Waals surface area contributed by atoms with Crippen LogP contribution in [0.15, 0.2) is 24.3 Å². The zero-order valence-electron chi connectivity index (χ0n) is 12.3. The molecular weight excluding hydrogens is 252 g/mol. The minimum absolute atomic E-state index is 0.387. The predicted molar refractivity (Wildman–Crippen MR) is 81.8 cm³/mol. The molecule has 1 fully saturated rings. The van der Waals surface area contributed by atoms with E-state index in [-0.39, 0.29) is 5.91 Å². The second kappa shape index (κ2) is 6.27. The van der Waals surface area contributed by atoms with Crippen molar-refractivity contribution < 1.29 is 9.90 Å². The molecule has 1 amide bonds. The van der Waals surface area contributed by atoms with Crippen molar-refractivity contribution in [1.29, 1.82) is 0 Å². The van der Waals surface area contributed by atoms with Crippen LogP contribution in [0.4, 0.5) is 11.4 Å². The van der Waals surface area contributed by atoms with Crippen molar-refractivity contribution in [2.45, 2.75) is 45.6 Å². The molecule has 20 heavy (non-hydrogen) atoms. The summed E-state index contributed by atoms with van der Waals surface area (Å²) < 4.78 is 0. The van der Waals surface area contributed by atoms with Crippen LogP contribution in [0.2, 0.25) is 0 Å². The summed E-state index contributed by atoms with van der Waals surface area (Å²) in [5, 5.41) is 14.9. The fraction of sp³-hybridized carbons (Fsp3) is 0.562. The van der Waals surface area contributed by atoms with Gasteiger partial charge in [0, 0.05) is 17.4 Å². The lowest BCUT2D eigenvalue weighted by Crippen LogP contribution is -2.29. The maximum atomic E-state index is 11.2. The SMILES string of the molecule is CC1(C)CCC(Nc2cccc(NC(=O)CO)c2)CC1. The smallest absolute Gasteiger partial charge is 0.250 e. The van der Waals surface area contributed by atoms with E-state index in [2.05, 4.69) is 24.5 Å². The van der Waals surface area contributed by atoms with E-state index < -0.39 is 6.61 Å². The van der Waals surface area contributed by atoms with Crippen LogP contribution < -0.4 is 10.6 Å². The topological polar surface area (TPSA) is 61.4 Å². The third-order valence-corrected chi connectivity index (χ3v) is 4.00. The fourth-order valence-electron chi connectivity index (χ4n) is 2.67. The standard InChI is InChI=1S/C16H24N2O2/c1-16(2)8-6-12(7-9-16)17-13-4-3-5-14(10-13)18-15(20)11-19/h3-5,10,12,17,19H,6-9,11H2,1-2H3,(H,18,20). The van der Waals surface area contributed by atoms with E-state index in [9.17, 15) is 4.79 Å². The largest absolute Gasteiger partial charge is 0.387 e. The number of nitrogens with one attached hydrogen (secondary N) is 2. The zero-order valence-corrected chi connectivity index (χ0v) is 12.3. The molecule has 1 aliphatic carbocycles. The van der Waals surface area contributed by atoms with Crippen molar-refractivity contribution in [2.75, 3.05) is 17.2 Å². The molecule has 0 atom stereocenters. The molecule has 0 aliphatic heterocycles. The first-order valence-electron chi connectivity index (χ1n) is 7.26. The number of amides is 1. The summed E-state index contributed by atoms with van der Waals surface area (Å²) in [5.74, 6) is -0.387. The highest BCUT2D eigenvalue weighted by Crippen LogP contribution is 2.36. The number of benzene rings is 1. The van der Waals surface area contributed by atoms with Gasteiger partial charge in [-0.1, -0.05) is 19.9 Å². The second-order valence-corrected chi connectivity index (χ2v) is 6.37. The molecule has 4 heteroatoms. The maximum absolute atomic E-state index is 11.2. The number of aliphatic hydroxyl groups excluding tert-OH is 1. The van der Waals surface area contributed by atoms with Crippen molar-refractivity contribution >= 4 is 17.3 Å². The van der Waals surface area contributed by atoms with Crippen LogP contribution in [0.5, 0.6) is 0 Å². The van der Waals surface area contributed by atoms with Gasteiger partial charge < -0.3 is 15.7 Å². The fourth-order valence-corrected chi connectivity index (χ4v) is 2.67. The van der Waals surface area contributed by atoms with Crippen molar-refractivity contribution in [3.63, 3.8) is 0 Å². The lowest BCUT2D eigenvalue weighted by molar-refractivity contribution is -0.118. The third kappa shape index (κ3) is 4.23. The van der Waals surface area contributed by atoms with Crippen LogP contribution in [0.1, 0.15) is 39.5 Å². The lowest BCUT2D eigenvalue weighted by atomic mass is 9.75. The van der Waals surface area contributed by atoms with Crippen LogP contribution in [0, 0.1) is 5.41 Å². The Hall–Kier alpha value is -1.55. The van der Waals surface area contributed by atoms with Gasteiger partial charge in [0.25, 0.3) is 0 Å². The number of carbonyl (C=O) groups is 1. The normalized spacial score (nSPS) is 18.6. The van der Waals surface area contributed by atoms with Crippen LogP contribution in [0.25, 0.3) is 0 Å². The van der Waals surface area contributed by atoms with Crippen molar-refractivity contribution in [3.8, 4) is 0 Å². The van der Waals surface area contributed by atoms with Gasteiger partial charge in [-0.05, 0) is 49.3 Å². The zero-order chi connectivity index (χ0) is 14.6. The molecule has 4 nitrogen and oxygen atoms in total. The molecule has 1 saturated carbocycles. The first-order chi connectivity index (χ1) is 9.48. The molecule has 110 valence electrons. The lowest BCUT2D eigenvalue weighted by Gasteiger charge is -2.35. The van der Waals surface area contributed by atoms with Crippen LogP contribution in [-0.4, -0.2) is 23.7 Å². The summed E-state index contributed by atoms with van der Waals surface area (Å²) in [7, 11) is 0. The predicted octanol–water partition coefficient (Wildman–Crippen LogP) is 3.00. The summed E-state index contributed by atoms with van der Waals surface area (Å²) >= 11 is 0. The van der Waals surface area contributed by atoms with E-state index in [4.69, 9.17) is 5.11 Å². The molecule has 2 rings (SSSR count). The monoisotopic (exact) mass is 276 g/mol. The number of anilines is 2. The van der Waals surface area contributed by atoms with Gasteiger partial charge in [0.1, 0.15) is 6.61 Å². The molecule has 0 unspecified atom stereocenters. The molecule has 3 N–H and O–H groups in total. The number of rotatable bonds is 4. The first-order valence-corrected chi connectivity index (χ1v) is 7.26. The van der Waals surface area contributed by atoms with Gasteiger partial charge in [-0.15, -0.1) is 0 Å². The van der Waals surface area contributed by atoms with Gasteiger partial charge in [-0.3, -0.25) is 4.79 Å². The molecule has 1 aromatic rings. The van der Waals surface area contributed by atoms with Gasteiger partial charge in [0.05, 0.1) is 0 Å². The number of carbonyl (C=O) groups excluding carboxylic acids is 1. The Morgan fingerprint density at radius 3 is 2.60 bits per heavy atom. The molecule has 0 aromatic heterocycles. The molecular formula is C16H24N2O2. The van der Waals surface area contributed by atoms with Crippen molar-refractivity contribution in [1.82, 2.24) is 0 Å². The van der Waals surface area contributed by atoms with Crippen LogP contribution in [0.3, 0.4) is 0 Å². The Morgan fingerprint density at radius 1 is 1.30 bits per heavy atom. The van der Waals surface area contributed by atoms with E-state index in [1.165, 1.54) is 25.7 Å². The minimum Gasteiger partial charge on any atom is -0.387 e. The highest BCUT2D eigenvalue weighted by atomic mass is 16.3. The molecule has 0 spiro atoms. The average molecular weight is 276 g/mol. The number of hydrogen-bond acceptors (Lipinski definition) is 3. The summed E-state index contributed by atoms with van der Waals surface area (Å²) in [6, 6.07) is 8.15. The van der Waals surface area contributed by atoms with E-state index >= 15 is 0 Å². The molecule has 0 heterocycles. The summed E-state index contributed by atoms with van der Waals surface area (Å²) in [4.78, 5) is 11.2. The first kappa shape index (κ1) is 14.9. The van der Waals surface area contributed by atoms with Crippen LogP contribution in [-0.2, 0) is 4.79 Å². The molecule has 1 aliphatic rings. The Bertz CT molecular complexity index is 461. The Labute approximate surface area is 120 Å². The van der Waals surface area contributed by atoms with E-state index in [0.717, 1.165) is 5.69 Å². The molecule has 0 saturated heterocycles. The minimum atomic E-state index is -0.491. The summed E-state index contributed by atoms with van der Waals surface area (Å²) in [5.41, 5.74) is 2.20. The van der Waals surface area contributed by atoms with Gasteiger partial charge >= 0.3 is 0 Å². The van der Waals surface area contributed by atoms with E-state index in [0.29, 0.717) is 17.1 Å². The highest BCUT2D eigenvalue weighted by Gasteiger charge is 2.26. The third-order valence-electron chi connectivity index (χ3n) is 4.00. The van der Waals surface area contributed by atoms with E-state index in [1.807, 2.05) is 24.3 Å². The highest BCUT2D eigenvalue weighted by molar-refractivity contribution is 5.91. The summed E-state index contributed by atoms with van der Waals surface area (Å²) in [6.07, 6.45) is 4.84. The van der Waals surface area contributed by atoms with Crippen molar-refractivity contribution in [2.24, 2.45) is 5.41 Å². The van der Waals surface area contributed by atoms with Gasteiger partial charge in [0.2, 0.25) is 5.91 Å². The molecule has 1 aromatic carbocycles. The van der Waals surface area contributed by atoms with E-state index in [1.54, 1.807) is 0 Å². The van der Waals surface area contributed by atoms with Gasteiger partial charge in [-0.25, -0.2) is 0 Å². The molecule has 0 radical (unpaired) electrons. The Morgan fingerprint density at radius 2 is 1.95 bits per heavy atom. The van der Waals surface area contributed by atoms with Crippen LogP contribution >= 0.6 is 0 Å². The van der Waals surface area contributed by atoms with Gasteiger partial charge in [0.15, 0.2) is 0 Å².